The van der Waals surface area contributed by atoms with Crippen molar-refractivity contribution in [1.29, 1.82) is 0 Å². The Morgan fingerprint density at radius 3 is 2.28 bits per heavy atom. The van der Waals surface area contributed by atoms with E-state index < -0.39 is 0 Å². The molecule has 1 heteroatoms. The van der Waals surface area contributed by atoms with Gasteiger partial charge in [-0.3, -0.25) is 0 Å². The molecule has 1 aliphatic rings. The molecule has 1 fully saturated rings. The zero-order valence-electron chi connectivity index (χ0n) is 12.2. The molecule has 0 bridgehead atoms. The highest BCUT2D eigenvalue weighted by atomic mass is 16.1. The summed E-state index contributed by atoms with van der Waals surface area (Å²) in [5.74, 6) is 0.317. The molecule has 0 aliphatic heterocycles. The summed E-state index contributed by atoms with van der Waals surface area (Å²) in [6.07, 6.45) is 11.8. The number of hydrogen-bond donors (Lipinski definition) is 0. The van der Waals surface area contributed by atoms with Crippen LogP contribution in [-0.2, 0) is 4.79 Å². The second kappa shape index (κ2) is 8.29. The lowest BCUT2D eigenvalue weighted by Crippen LogP contribution is -2.06. The fourth-order valence-electron chi connectivity index (χ4n) is 2.60. The number of ketones is 1. The molecule has 0 radical (unpaired) electrons. The maximum atomic E-state index is 11.0. The van der Waals surface area contributed by atoms with Crippen molar-refractivity contribution in [3.05, 3.63) is 23.3 Å². The fraction of sp³-hybridized carbons (Fsp3) is 0.706. The molecule has 1 saturated carbocycles. The van der Waals surface area contributed by atoms with Gasteiger partial charge in [0.05, 0.1) is 0 Å². The summed E-state index contributed by atoms with van der Waals surface area (Å²) >= 11 is 0. The van der Waals surface area contributed by atoms with Gasteiger partial charge in [0.1, 0.15) is 5.78 Å². The summed E-state index contributed by atoms with van der Waals surface area (Å²) in [7, 11) is 0. The minimum absolute atomic E-state index is 0.317. The van der Waals surface area contributed by atoms with Gasteiger partial charge in [-0.05, 0) is 51.0 Å². The van der Waals surface area contributed by atoms with Gasteiger partial charge in [0, 0.05) is 6.42 Å². The number of unbranched alkanes of at least 4 members (excludes halogenated alkanes) is 3. The molecule has 1 aliphatic carbocycles. The van der Waals surface area contributed by atoms with E-state index in [1.165, 1.54) is 56.1 Å². The molecule has 1 rings (SSSR count). The number of allylic oxidation sites excluding steroid dienone is 3. The van der Waals surface area contributed by atoms with Crippen LogP contribution in [0.25, 0.3) is 0 Å². The third-order valence-corrected chi connectivity index (χ3v) is 3.87. The molecule has 0 unspecified atom stereocenters. The first-order chi connectivity index (χ1) is 8.65. The van der Waals surface area contributed by atoms with Crippen molar-refractivity contribution in [2.45, 2.75) is 78.1 Å². The van der Waals surface area contributed by atoms with Crippen LogP contribution in [0.3, 0.4) is 0 Å². The number of carbonyl (C=O) groups is 1. The number of carbonyl (C=O) groups excluding carboxylic acids is 1. The molecule has 18 heavy (non-hydrogen) atoms. The second-order valence-corrected chi connectivity index (χ2v) is 5.55. The van der Waals surface area contributed by atoms with Gasteiger partial charge >= 0.3 is 0 Å². The highest BCUT2D eigenvalue weighted by Crippen LogP contribution is 2.37. The molecule has 0 aromatic rings. The first-order valence-electron chi connectivity index (χ1n) is 7.53. The molecule has 0 aromatic carbocycles. The molecule has 0 spiro atoms. The number of hydrogen-bond acceptors (Lipinski definition) is 1. The van der Waals surface area contributed by atoms with Crippen molar-refractivity contribution in [2.75, 3.05) is 0 Å². The Kier molecular flexibility index (Phi) is 7.00. The summed E-state index contributed by atoms with van der Waals surface area (Å²) in [5.41, 5.74) is 4.49. The molecule has 0 aromatic heterocycles. The Morgan fingerprint density at radius 2 is 1.78 bits per heavy atom. The Labute approximate surface area is 112 Å². The molecule has 102 valence electrons. The predicted octanol–water partition coefficient (Wildman–Crippen LogP) is 5.36. The van der Waals surface area contributed by atoms with Crippen LogP contribution in [0.15, 0.2) is 23.3 Å². The Balaban J connectivity index is 2.41. The summed E-state index contributed by atoms with van der Waals surface area (Å²) in [6.45, 7) is 8.07. The maximum absolute atomic E-state index is 11.0. The van der Waals surface area contributed by atoms with Gasteiger partial charge in [0.2, 0.25) is 0 Å². The SMILES string of the molecule is C=C1CC/C1=C(\CCCCCC)CCCC(C)=O. The molecular weight excluding hydrogens is 220 g/mol. The molecule has 0 atom stereocenters. The summed E-state index contributed by atoms with van der Waals surface area (Å²) in [6, 6.07) is 0. The van der Waals surface area contributed by atoms with E-state index in [0.29, 0.717) is 5.78 Å². The van der Waals surface area contributed by atoms with Crippen LogP contribution >= 0.6 is 0 Å². The van der Waals surface area contributed by atoms with Crippen molar-refractivity contribution in [3.63, 3.8) is 0 Å². The smallest absolute Gasteiger partial charge is 0.129 e. The lowest BCUT2D eigenvalue weighted by Gasteiger charge is -2.25. The third-order valence-electron chi connectivity index (χ3n) is 3.87. The Bertz CT molecular complexity index is 323. The van der Waals surface area contributed by atoms with Gasteiger partial charge in [-0.1, -0.05) is 43.9 Å². The zero-order chi connectivity index (χ0) is 13.4. The van der Waals surface area contributed by atoms with Crippen molar-refractivity contribution < 1.29 is 4.79 Å². The fourth-order valence-corrected chi connectivity index (χ4v) is 2.60. The standard InChI is InChI=1S/C17H28O/c1-4-5-6-7-10-16(11-8-9-15(3)18)17-13-12-14(17)2/h2,4-13H2,1,3H3/b17-16-. The lowest BCUT2D eigenvalue weighted by atomic mass is 9.80. The first kappa shape index (κ1) is 15.2. The maximum Gasteiger partial charge on any atom is 0.129 e. The second-order valence-electron chi connectivity index (χ2n) is 5.55. The quantitative estimate of drug-likeness (QED) is 0.502. The first-order valence-corrected chi connectivity index (χ1v) is 7.53. The van der Waals surface area contributed by atoms with Gasteiger partial charge in [0.15, 0.2) is 0 Å². The van der Waals surface area contributed by atoms with E-state index in [4.69, 9.17) is 0 Å². The van der Waals surface area contributed by atoms with Crippen LogP contribution in [0, 0.1) is 0 Å². The van der Waals surface area contributed by atoms with Gasteiger partial charge in [0.25, 0.3) is 0 Å². The van der Waals surface area contributed by atoms with Gasteiger partial charge < -0.3 is 4.79 Å². The van der Waals surface area contributed by atoms with Gasteiger partial charge in [-0.15, -0.1) is 0 Å². The van der Waals surface area contributed by atoms with E-state index in [2.05, 4.69) is 13.5 Å². The molecule has 0 saturated heterocycles. The minimum atomic E-state index is 0.317. The van der Waals surface area contributed by atoms with Crippen LogP contribution in [0.4, 0.5) is 0 Å². The van der Waals surface area contributed by atoms with Gasteiger partial charge in [-0.25, -0.2) is 0 Å². The highest BCUT2D eigenvalue weighted by Gasteiger charge is 2.18. The highest BCUT2D eigenvalue weighted by molar-refractivity contribution is 5.75. The average Bonchev–Trinajstić information content (AvgIpc) is 2.31. The molecule has 1 nitrogen and oxygen atoms in total. The van der Waals surface area contributed by atoms with E-state index in [0.717, 1.165) is 19.3 Å². The topological polar surface area (TPSA) is 17.1 Å². The zero-order valence-corrected chi connectivity index (χ0v) is 12.2. The van der Waals surface area contributed by atoms with E-state index in [1.54, 1.807) is 12.5 Å². The predicted molar refractivity (Wildman–Crippen MR) is 78.7 cm³/mol. The average molecular weight is 248 g/mol. The summed E-state index contributed by atoms with van der Waals surface area (Å²) in [4.78, 5) is 11.0. The van der Waals surface area contributed by atoms with E-state index in [1.807, 2.05) is 0 Å². The van der Waals surface area contributed by atoms with Crippen LogP contribution in [0.5, 0.6) is 0 Å². The molecule has 0 amide bonds. The summed E-state index contributed by atoms with van der Waals surface area (Å²) < 4.78 is 0. The van der Waals surface area contributed by atoms with Crippen LogP contribution in [-0.4, -0.2) is 5.78 Å². The van der Waals surface area contributed by atoms with Crippen molar-refractivity contribution >= 4 is 5.78 Å². The van der Waals surface area contributed by atoms with E-state index >= 15 is 0 Å². The Morgan fingerprint density at radius 1 is 1.06 bits per heavy atom. The lowest BCUT2D eigenvalue weighted by molar-refractivity contribution is -0.117. The van der Waals surface area contributed by atoms with Crippen molar-refractivity contribution in [2.24, 2.45) is 0 Å². The third kappa shape index (κ3) is 5.20. The van der Waals surface area contributed by atoms with E-state index in [-0.39, 0.29) is 0 Å². The van der Waals surface area contributed by atoms with E-state index in [9.17, 15) is 4.79 Å². The normalized spacial score (nSPS) is 17.6. The van der Waals surface area contributed by atoms with Crippen LogP contribution in [0.2, 0.25) is 0 Å². The number of Topliss-reactive ketones (excluding diaryl/α,β-unsaturated/α-hetero) is 1. The largest absolute Gasteiger partial charge is 0.300 e. The minimum Gasteiger partial charge on any atom is -0.300 e. The van der Waals surface area contributed by atoms with Crippen molar-refractivity contribution in [3.8, 4) is 0 Å². The van der Waals surface area contributed by atoms with Crippen LogP contribution in [0.1, 0.15) is 78.1 Å². The number of rotatable bonds is 9. The van der Waals surface area contributed by atoms with Crippen molar-refractivity contribution in [1.82, 2.24) is 0 Å². The van der Waals surface area contributed by atoms with Crippen LogP contribution < -0.4 is 0 Å². The Hall–Kier alpha value is -0.850. The molecule has 0 N–H and O–H groups in total. The molecule has 0 heterocycles. The van der Waals surface area contributed by atoms with Gasteiger partial charge in [-0.2, -0.15) is 0 Å². The summed E-state index contributed by atoms with van der Waals surface area (Å²) in [5, 5.41) is 0. The molecular formula is C17H28O. The monoisotopic (exact) mass is 248 g/mol.